The van der Waals surface area contributed by atoms with Gasteiger partial charge in [0.15, 0.2) is 0 Å². The Morgan fingerprint density at radius 2 is 2.00 bits per heavy atom. The van der Waals surface area contributed by atoms with Crippen LogP contribution in [0.25, 0.3) is 6.08 Å². The molecule has 0 fully saturated rings. The average Bonchev–Trinajstić information content (AvgIpc) is 2.06. The third-order valence-electron chi connectivity index (χ3n) is 1.47. The molecule has 2 heteroatoms. The third-order valence-corrected chi connectivity index (χ3v) is 2.10. The minimum Gasteiger partial charge on any atom is -0.396 e. The van der Waals surface area contributed by atoms with Crippen molar-refractivity contribution in [3.63, 3.8) is 0 Å². The van der Waals surface area contributed by atoms with Gasteiger partial charge in [-0.25, -0.2) is 0 Å². The van der Waals surface area contributed by atoms with Gasteiger partial charge in [0, 0.05) is 13.0 Å². The predicted molar refractivity (Wildman–Crippen MR) is 55.0 cm³/mol. The molecule has 0 bridgehead atoms. The van der Waals surface area contributed by atoms with Gasteiger partial charge >= 0.3 is 0 Å². The van der Waals surface area contributed by atoms with E-state index in [1.165, 1.54) is 0 Å². The summed E-state index contributed by atoms with van der Waals surface area (Å²) in [6.45, 7) is 0.184. The second-order valence-corrected chi connectivity index (χ2v) is 3.49. The van der Waals surface area contributed by atoms with Crippen molar-refractivity contribution in [2.45, 2.75) is 6.42 Å². The van der Waals surface area contributed by atoms with E-state index in [1.54, 1.807) is 0 Å². The van der Waals surface area contributed by atoms with Gasteiger partial charge in [-0.1, -0.05) is 46.3 Å². The molecule has 0 spiro atoms. The normalized spacial score (nSPS) is 11.7. The first-order valence-electron chi connectivity index (χ1n) is 3.85. The van der Waals surface area contributed by atoms with Crippen LogP contribution in [0.3, 0.4) is 0 Å². The van der Waals surface area contributed by atoms with E-state index in [4.69, 9.17) is 5.11 Å². The Kier molecular flexibility index (Phi) is 4.05. The van der Waals surface area contributed by atoms with E-state index in [0.29, 0.717) is 6.42 Å². The summed E-state index contributed by atoms with van der Waals surface area (Å²) in [5.41, 5.74) is 1.15. The highest BCUT2D eigenvalue weighted by Gasteiger charge is 1.90. The van der Waals surface area contributed by atoms with Gasteiger partial charge in [0.1, 0.15) is 0 Å². The molecule has 1 nitrogen and oxygen atoms in total. The van der Waals surface area contributed by atoms with E-state index >= 15 is 0 Å². The molecule has 0 aliphatic rings. The van der Waals surface area contributed by atoms with Crippen LogP contribution >= 0.6 is 15.9 Å². The summed E-state index contributed by atoms with van der Waals surface area (Å²) in [4.78, 5) is 0. The molecule has 0 saturated carbocycles. The molecule has 0 amide bonds. The van der Waals surface area contributed by atoms with Gasteiger partial charge in [-0.3, -0.25) is 0 Å². The Morgan fingerprint density at radius 3 is 2.58 bits per heavy atom. The summed E-state index contributed by atoms with van der Waals surface area (Å²) < 4.78 is 1.02. The summed E-state index contributed by atoms with van der Waals surface area (Å²) >= 11 is 3.38. The minimum absolute atomic E-state index is 0.184. The summed E-state index contributed by atoms with van der Waals surface area (Å²) in [5.74, 6) is 0. The van der Waals surface area contributed by atoms with Crippen molar-refractivity contribution in [3.8, 4) is 0 Å². The number of rotatable bonds is 3. The lowest BCUT2D eigenvalue weighted by molar-refractivity contribution is 0.302. The van der Waals surface area contributed by atoms with Gasteiger partial charge in [0.05, 0.1) is 0 Å². The Bertz CT molecular complexity index is 254. The van der Waals surface area contributed by atoms with E-state index in [1.807, 2.05) is 36.4 Å². The van der Waals surface area contributed by atoms with Crippen LogP contribution in [0.2, 0.25) is 0 Å². The van der Waals surface area contributed by atoms with Crippen LogP contribution in [0.1, 0.15) is 12.0 Å². The van der Waals surface area contributed by atoms with Gasteiger partial charge in [-0.2, -0.15) is 0 Å². The van der Waals surface area contributed by atoms with E-state index in [9.17, 15) is 0 Å². The zero-order valence-corrected chi connectivity index (χ0v) is 8.29. The Hall–Kier alpha value is -0.600. The van der Waals surface area contributed by atoms with Crippen molar-refractivity contribution in [3.05, 3.63) is 40.4 Å². The highest BCUT2D eigenvalue weighted by atomic mass is 79.9. The topological polar surface area (TPSA) is 20.2 Å². The maximum atomic E-state index is 8.64. The van der Waals surface area contributed by atoms with Gasteiger partial charge in [0.25, 0.3) is 0 Å². The fourth-order valence-electron chi connectivity index (χ4n) is 0.909. The van der Waals surface area contributed by atoms with Crippen molar-refractivity contribution in [1.29, 1.82) is 0 Å². The number of benzene rings is 1. The average molecular weight is 227 g/mol. The Balaban J connectivity index is 2.67. The molecule has 12 heavy (non-hydrogen) atoms. The van der Waals surface area contributed by atoms with Gasteiger partial charge in [0.2, 0.25) is 0 Å². The highest BCUT2D eigenvalue weighted by molar-refractivity contribution is 9.11. The van der Waals surface area contributed by atoms with Crippen LogP contribution < -0.4 is 0 Å². The first kappa shape index (κ1) is 9.49. The minimum atomic E-state index is 0.184. The number of aliphatic hydroxyl groups is 1. The van der Waals surface area contributed by atoms with Crippen LogP contribution in [0.15, 0.2) is 34.8 Å². The summed E-state index contributed by atoms with van der Waals surface area (Å²) in [6.07, 6.45) is 2.69. The quantitative estimate of drug-likeness (QED) is 0.841. The number of hydrogen-bond acceptors (Lipinski definition) is 1. The molecule has 1 N–H and O–H groups in total. The first-order valence-corrected chi connectivity index (χ1v) is 4.64. The summed E-state index contributed by atoms with van der Waals surface area (Å²) in [7, 11) is 0. The largest absolute Gasteiger partial charge is 0.396 e. The van der Waals surface area contributed by atoms with Gasteiger partial charge in [-0.15, -0.1) is 0 Å². The molecular formula is C10H11BrO. The van der Waals surface area contributed by atoms with Crippen molar-refractivity contribution < 1.29 is 5.11 Å². The summed E-state index contributed by atoms with van der Waals surface area (Å²) in [6, 6.07) is 10.0. The predicted octanol–water partition coefficient (Wildman–Crippen LogP) is 2.80. The molecule has 1 aromatic rings. The monoisotopic (exact) mass is 226 g/mol. The van der Waals surface area contributed by atoms with Crippen LogP contribution in [0.4, 0.5) is 0 Å². The lowest BCUT2D eigenvalue weighted by atomic mass is 10.2. The van der Waals surface area contributed by atoms with Crippen molar-refractivity contribution in [1.82, 2.24) is 0 Å². The molecule has 0 aromatic heterocycles. The second kappa shape index (κ2) is 5.12. The molecule has 0 aliphatic carbocycles. The lowest BCUT2D eigenvalue weighted by Gasteiger charge is -1.95. The smallest absolute Gasteiger partial charge is 0.0476 e. The maximum Gasteiger partial charge on any atom is 0.0476 e. The van der Waals surface area contributed by atoms with Gasteiger partial charge in [-0.05, 0) is 16.1 Å². The van der Waals surface area contributed by atoms with Crippen molar-refractivity contribution in [2.24, 2.45) is 0 Å². The summed E-state index contributed by atoms with van der Waals surface area (Å²) in [5, 5.41) is 8.64. The number of hydrogen-bond donors (Lipinski definition) is 1. The van der Waals surface area contributed by atoms with Crippen molar-refractivity contribution in [2.75, 3.05) is 6.61 Å². The molecule has 64 valence electrons. The van der Waals surface area contributed by atoms with E-state index in [-0.39, 0.29) is 6.61 Å². The standard InChI is InChI=1S/C10H11BrO/c11-10(6-7-12)8-9-4-2-1-3-5-9/h1-5,8,12H,6-7H2/b10-8+. The van der Waals surface area contributed by atoms with E-state index in [0.717, 1.165) is 10.0 Å². The molecule has 1 aromatic carbocycles. The molecule has 0 aliphatic heterocycles. The highest BCUT2D eigenvalue weighted by Crippen LogP contribution is 2.14. The fourth-order valence-corrected chi connectivity index (χ4v) is 1.35. The Morgan fingerprint density at radius 1 is 1.33 bits per heavy atom. The zero-order chi connectivity index (χ0) is 8.81. The van der Waals surface area contributed by atoms with Crippen molar-refractivity contribution >= 4 is 22.0 Å². The van der Waals surface area contributed by atoms with Gasteiger partial charge < -0.3 is 5.11 Å². The molecule has 0 radical (unpaired) electrons. The molecule has 0 saturated heterocycles. The second-order valence-electron chi connectivity index (χ2n) is 2.48. The molecule has 0 heterocycles. The zero-order valence-electron chi connectivity index (χ0n) is 6.70. The molecule has 1 rings (SSSR count). The van der Waals surface area contributed by atoms with Crippen LogP contribution in [0.5, 0.6) is 0 Å². The lowest BCUT2D eigenvalue weighted by Crippen LogP contribution is -1.80. The molecular weight excluding hydrogens is 216 g/mol. The first-order chi connectivity index (χ1) is 5.83. The SMILES string of the molecule is OCC/C(Br)=C\c1ccccc1. The fraction of sp³-hybridized carbons (Fsp3) is 0.200. The number of aliphatic hydroxyl groups excluding tert-OH is 1. The number of halogens is 1. The molecule has 0 atom stereocenters. The Labute approximate surface area is 80.9 Å². The van der Waals surface area contributed by atoms with Crippen LogP contribution in [-0.4, -0.2) is 11.7 Å². The van der Waals surface area contributed by atoms with Crippen LogP contribution in [-0.2, 0) is 0 Å². The maximum absolute atomic E-state index is 8.64. The van der Waals surface area contributed by atoms with Crippen LogP contribution in [0, 0.1) is 0 Å². The third kappa shape index (κ3) is 3.20. The van der Waals surface area contributed by atoms with E-state index in [2.05, 4.69) is 15.9 Å². The van der Waals surface area contributed by atoms with E-state index < -0.39 is 0 Å². The molecule has 0 unspecified atom stereocenters.